The third kappa shape index (κ3) is 4.83. The third-order valence-electron chi connectivity index (χ3n) is 4.65. The Hall–Kier alpha value is -1.30. The normalized spacial score (nSPS) is 22.0. The number of esters is 1. The maximum Gasteiger partial charge on any atom is 0.410 e. The topological polar surface area (TPSA) is 59.1 Å². The minimum Gasteiger partial charge on any atom is -0.468 e. The molecule has 6 heteroatoms. The van der Waals surface area contributed by atoms with Crippen LogP contribution in [0.25, 0.3) is 0 Å². The number of carbonyl (C=O) groups excluding carboxylic acids is 2. The van der Waals surface area contributed by atoms with Gasteiger partial charge in [-0.1, -0.05) is 12.8 Å². The molecule has 1 saturated heterocycles. The Kier molecular flexibility index (Phi) is 5.89. The van der Waals surface area contributed by atoms with Gasteiger partial charge in [-0.25, -0.2) is 4.79 Å². The largest absolute Gasteiger partial charge is 0.468 e. The van der Waals surface area contributed by atoms with E-state index in [1.54, 1.807) is 4.90 Å². The van der Waals surface area contributed by atoms with Crippen LogP contribution in [0.1, 0.15) is 46.5 Å². The summed E-state index contributed by atoms with van der Waals surface area (Å²) in [5.74, 6) is 0.248. The summed E-state index contributed by atoms with van der Waals surface area (Å²) >= 11 is 0. The molecule has 23 heavy (non-hydrogen) atoms. The molecule has 1 atom stereocenters. The van der Waals surface area contributed by atoms with Gasteiger partial charge in [-0.2, -0.15) is 0 Å². The number of rotatable bonds is 3. The summed E-state index contributed by atoms with van der Waals surface area (Å²) in [5.41, 5.74) is -0.480. The summed E-state index contributed by atoms with van der Waals surface area (Å²) in [6.45, 7) is 8.17. The molecular weight excluding hydrogens is 296 g/mol. The van der Waals surface area contributed by atoms with Crippen molar-refractivity contribution in [2.24, 2.45) is 5.92 Å². The molecule has 2 rings (SSSR count). The summed E-state index contributed by atoms with van der Waals surface area (Å²) in [5, 5.41) is 0. The molecule has 1 amide bonds. The zero-order valence-corrected chi connectivity index (χ0v) is 14.8. The summed E-state index contributed by atoms with van der Waals surface area (Å²) < 4.78 is 10.5. The number of carbonyl (C=O) groups is 2. The van der Waals surface area contributed by atoms with Crippen molar-refractivity contribution in [3.8, 4) is 0 Å². The molecule has 2 fully saturated rings. The lowest BCUT2D eigenvalue weighted by Crippen LogP contribution is -2.56. The SMILES string of the molecule is COC(=O)[C@H](C1CCCC1)N1CCN(C(=O)OC(C)(C)C)CC1. The van der Waals surface area contributed by atoms with Crippen molar-refractivity contribution in [1.82, 2.24) is 9.80 Å². The van der Waals surface area contributed by atoms with E-state index in [0.29, 0.717) is 32.1 Å². The second kappa shape index (κ2) is 7.51. The summed E-state index contributed by atoms with van der Waals surface area (Å²) in [6, 6.07) is -0.164. The minimum atomic E-state index is -0.480. The van der Waals surface area contributed by atoms with Crippen LogP contribution in [0.2, 0.25) is 0 Å². The lowest BCUT2D eigenvalue weighted by atomic mass is 9.96. The number of amides is 1. The molecule has 2 aliphatic rings. The van der Waals surface area contributed by atoms with Crippen molar-refractivity contribution < 1.29 is 19.1 Å². The highest BCUT2D eigenvalue weighted by Crippen LogP contribution is 2.31. The van der Waals surface area contributed by atoms with Crippen LogP contribution in [0.5, 0.6) is 0 Å². The quantitative estimate of drug-likeness (QED) is 0.745. The van der Waals surface area contributed by atoms with Gasteiger partial charge in [-0.3, -0.25) is 9.69 Å². The molecule has 0 unspecified atom stereocenters. The Bertz CT molecular complexity index is 419. The predicted molar refractivity (Wildman–Crippen MR) is 87.1 cm³/mol. The lowest BCUT2D eigenvalue weighted by Gasteiger charge is -2.40. The predicted octanol–water partition coefficient (Wildman–Crippen LogP) is 2.27. The lowest BCUT2D eigenvalue weighted by molar-refractivity contribution is -0.150. The van der Waals surface area contributed by atoms with Gasteiger partial charge in [0.2, 0.25) is 0 Å². The second-order valence-corrected chi connectivity index (χ2v) is 7.52. The molecule has 0 spiro atoms. The Morgan fingerprint density at radius 2 is 1.61 bits per heavy atom. The van der Waals surface area contributed by atoms with Gasteiger partial charge in [0, 0.05) is 26.2 Å². The van der Waals surface area contributed by atoms with E-state index in [2.05, 4.69) is 4.90 Å². The number of ether oxygens (including phenoxy) is 2. The van der Waals surface area contributed by atoms with Crippen molar-refractivity contribution in [2.45, 2.75) is 58.1 Å². The molecule has 1 aliphatic carbocycles. The highest BCUT2D eigenvalue weighted by molar-refractivity contribution is 5.76. The van der Waals surface area contributed by atoms with E-state index in [9.17, 15) is 9.59 Å². The first-order valence-corrected chi connectivity index (χ1v) is 8.61. The molecule has 0 aromatic rings. The molecule has 0 aromatic heterocycles. The summed E-state index contributed by atoms with van der Waals surface area (Å²) in [4.78, 5) is 28.3. The van der Waals surface area contributed by atoms with Crippen LogP contribution < -0.4 is 0 Å². The third-order valence-corrected chi connectivity index (χ3v) is 4.65. The van der Waals surface area contributed by atoms with E-state index in [4.69, 9.17) is 9.47 Å². The van der Waals surface area contributed by atoms with Crippen molar-refractivity contribution in [3.05, 3.63) is 0 Å². The average Bonchev–Trinajstić information content (AvgIpc) is 3.00. The number of piperazine rings is 1. The van der Waals surface area contributed by atoms with Crippen molar-refractivity contribution in [3.63, 3.8) is 0 Å². The Morgan fingerprint density at radius 3 is 2.09 bits per heavy atom. The van der Waals surface area contributed by atoms with E-state index in [1.807, 2.05) is 20.8 Å². The molecule has 0 N–H and O–H groups in total. The fourth-order valence-electron chi connectivity index (χ4n) is 3.54. The van der Waals surface area contributed by atoms with Gasteiger partial charge in [0.05, 0.1) is 7.11 Å². The van der Waals surface area contributed by atoms with E-state index in [0.717, 1.165) is 12.8 Å². The van der Waals surface area contributed by atoms with Gasteiger partial charge in [0.1, 0.15) is 11.6 Å². The van der Waals surface area contributed by atoms with Crippen LogP contribution in [0.4, 0.5) is 4.79 Å². The second-order valence-electron chi connectivity index (χ2n) is 7.52. The number of methoxy groups -OCH3 is 1. The van der Waals surface area contributed by atoms with Crippen LogP contribution in [0.15, 0.2) is 0 Å². The fourth-order valence-corrected chi connectivity index (χ4v) is 3.54. The zero-order valence-electron chi connectivity index (χ0n) is 14.8. The highest BCUT2D eigenvalue weighted by Gasteiger charge is 2.38. The van der Waals surface area contributed by atoms with E-state index in [1.165, 1.54) is 20.0 Å². The average molecular weight is 326 g/mol. The summed E-state index contributed by atoms with van der Waals surface area (Å²) in [7, 11) is 1.46. The van der Waals surface area contributed by atoms with Crippen molar-refractivity contribution in [1.29, 1.82) is 0 Å². The van der Waals surface area contributed by atoms with Crippen molar-refractivity contribution in [2.75, 3.05) is 33.3 Å². The standard InChI is InChI=1S/C17H30N2O4/c1-17(2,3)23-16(21)19-11-9-18(10-12-19)14(15(20)22-4)13-7-5-6-8-13/h13-14H,5-12H2,1-4H3/t14-/m0/s1. The molecule has 0 radical (unpaired) electrons. The molecule has 1 aliphatic heterocycles. The van der Waals surface area contributed by atoms with Gasteiger partial charge >= 0.3 is 12.1 Å². The first kappa shape index (κ1) is 18.0. The van der Waals surface area contributed by atoms with Crippen LogP contribution in [0.3, 0.4) is 0 Å². The molecule has 0 aromatic carbocycles. The van der Waals surface area contributed by atoms with Gasteiger partial charge < -0.3 is 14.4 Å². The molecule has 1 saturated carbocycles. The monoisotopic (exact) mass is 326 g/mol. The summed E-state index contributed by atoms with van der Waals surface area (Å²) in [6.07, 6.45) is 4.29. The van der Waals surface area contributed by atoms with Crippen LogP contribution in [-0.2, 0) is 14.3 Å². The molecule has 0 bridgehead atoms. The van der Waals surface area contributed by atoms with Crippen molar-refractivity contribution >= 4 is 12.1 Å². The van der Waals surface area contributed by atoms with Gasteiger partial charge in [-0.05, 0) is 39.5 Å². The minimum absolute atomic E-state index is 0.136. The zero-order chi connectivity index (χ0) is 17.0. The van der Waals surface area contributed by atoms with Crippen LogP contribution >= 0.6 is 0 Å². The number of hydrogen-bond acceptors (Lipinski definition) is 5. The maximum atomic E-state index is 12.2. The van der Waals surface area contributed by atoms with Crippen LogP contribution in [0, 0.1) is 5.92 Å². The number of hydrogen-bond donors (Lipinski definition) is 0. The first-order valence-electron chi connectivity index (χ1n) is 8.61. The Morgan fingerprint density at radius 1 is 1.04 bits per heavy atom. The van der Waals surface area contributed by atoms with E-state index >= 15 is 0 Å². The first-order chi connectivity index (χ1) is 10.8. The maximum absolute atomic E-state index is 12.2. The Labute approximate surface area is 139 Å². The van der Waals surface area contributed by atoms with Crippen LogP contribution in [-0.4, -0.2) is 66.8 Å². The highest BCUT2D eigenvalue weighted by atomic mass is 16.6. The molecule has 132 valence electrons. The molecule has 1 heterocycles. The Balaban J connectivity index is 1.93. The molecular formula is C17H30N2O4. The van der Waals surface area contributed by atoms with E-state index in [-0.39, 0.29) is 18.1 Å². The smallest absolute Gasteiger partial charge is 0.410 e. The van der Waals surface area contributed by atoms with Gasteiger partial charge in [0.15, 0.2) is 0 Å². The van der Waals surface area contributed by atoms with Gasteiger partial charge in [0.25, 0.3) is 0 Å². The fraction of sp³-hybridized carbons (Fsp3) is 0.882. The van der Waals surface area contributed by atoms with E-state index < -0.39 is 5.60 Å². The molecule has 6 nitrogen and oxygen atoms in total. The van der Waals surface area contributed by atoms with Gasteiger partial charge in [-0.15, -0.1) is 0 Å². The number of nitrogens with zero attached hydrogens (tertiary/aromatic N) is 2.